The first-order valence-electron chi connectivity index (χ1n) is 18.1. The number of amides is 3. The Bertz CT molecular complexity index is 2020. The molecule has 5 aromatic rings. The molecular formula is C44H46N4O5. The van der Waals surface area contributed by atoms with Gasteiger partial charge in [0.15, 0.2) is 5.79 Å². The molecule has 3 heterocycles. The first-order chi connectivity index (χ1) is 25.7. The highest BCUT2D eigenvalue weighted by molar-refractivity contribution is 6.03. The van der Waals surface area contributed by atoms with Gasteiger partial charge in [0.1, 0.15) is 23.8 Å². The number of hydrogen-bond acceptors (Lipinski definition) is 6. The van der Waals surface area contributed by atoms with Crippen LogP contribution in [0.5, 0.6) is 5.75 Å². The van der Waals surface area contributed by atoms with Gasteiger partial charge in [-0.2, -0.15) is 0 Å². The Kier molecular flexibility index (Phi) is 10.6. The smallest absolute Gasteiger partial charge is 0.321 e. The van der Waals surface area contributed by atoms with E-state index < -0.39 is 18.0 Å². The lowest BCUT2D eigenvalue weighted by molar-refractivity contribution is -0.157. The normalized spacial score (nSPS) is 20.8. The molecule has 4 aromatic carbocycles. The number of urea groups is 1. The van der Waals surface area contributed by atoms with E-state index in [1.165, 1.54) is 0 Å². The van der Waals surface area contributed by atoms with Crippen LogP contribution in [0.4, 0.5) is 10.6 Å². The SMILES string of the molecule is COc1cccc(CN2C(=O)N(Cc3cccc(C(=O)Nc4ccc(C)cn4)c3)[C@H](Cc3ccccc3)[C@@H]3OC(C)(C)O[C@H]3[C@H]2Cc2ccccc2)c1. The molecule has 1 aromatic heterocycles. The summed E-state index contributed by atoms with van der Waals surface area (Å²) in [5, 5.41) is 2.90. The zero-order valence-corrected chi connectivity index (χ0v) is 30.6. The molecular weight excluding hydrogens is 665 g/mol. The van der Waals surface area contributed by atoms with Crippen LogP contribution >= 0.6 is 0 Å². The van der Waals surface area contributed by atoms with Gasteiger partial charge in [-0.05, 0) is 91.8 Å². The fourth-order valence-corrected chi connectivity index (χ4v) is 7.45. The molecule has 2 saturated heterocycles. The number of carbonyl (C=O) groups excluding carboxylic acids is 2. The quantitative estimate of drug-likeness (QED) is 0.150. The molecule has 53 heavy (non-hydrogen) atoms. The van der Waals surface area contributed by atoms with Gasteiger partial charge in [0.2, 0.25) is 0 Å². The summed E-state index contributed by atoms with van der Waals surface area (Å²) in [6.45, 7) is 6.43. The molecule has 0 aliphatic carbocycles. The molecule has 0 radical (unpaired) electrons. The van der Waals surface area contributed by atoms with Crippen molar-refractivity contribution in [2.75, 3.05) is 12.4 Å². The maximum Gasteiger partial charge on any atom is 0.321 e. The van der Waals surface area contributed by atoms with Crippen molar-refractivity contribution in [3.05, 3.63) is 161 Å². The predicted molar refractivity (Wildman–Crippen MR) is 205 cm³/mol. The Balaban J connectivity index is 1.31. The molecule has 0 unspecified atom stereocenters. The zero-order chi connectivity index (χ0) is 37.0. The number of methoxy groups -OCH3 is 1. The third-order valence-corrected chi connectivity index (χ3v) is 9.97. The molecule has 9 nitrogen and oxygen atoms in total. The number of hydrogen-bond donors (Lipinski definition) is 1. The van der Waals surface area contributed by atoms with E-state index in [0.717, 1.165) is 33.6 Å². The van der Waals surface area contributed by atoms with Crippen molar-refractivity contribution in [2.24, 2.45) is 0 Å². The fourth-order valence-electron chi connectivity index (χ4n) is 7.45. The number of aryl methyl sites for hydroxylation is 1. The summed E-state index contributed by atoms with van der Waals surface area (Å²) in [7, 11) is 1.65. The number of nitrogens with zero attached hydrogens (tertiary/aromatic N) is 3. The van der Waals surface area contributed by atoms with Crippen LogP contribution in [0.2, 0.25) is 0 Å². The fraction of sp³-hybridized carbons (Fsp3) is 0.295. The maximum absolute atomic E-state index is 15.4. The molecule has 2 aliphatic rings. The lowest BCUT2D eigenvalue weighted by Crippen LogP contribution is -2.51. The van der Waals surface area contributed by atoms with Gasteiger partial charge < -0.3 is 29.3 Å². The number of pyridine rings is 1. The van der Waals surface area contributed by atoms with Gasteiger partial charge in [0, 0.05) is 24.8 Å². The third kappa shape index (κ3) is 8.43. The highest BCUT2D eigenvalue weighted by atomic mass is 16.8. The Morgan fingerprint density at radius 1 is 0.736 bits per heavy atom. The van der Waals surface area contributed by atoms with Crippen molar-refractivity contribution in [3.8, 4) is 5.75 Å². The Labute approximate surface area is 311 Å². The number of ether oxygens (including phenoxy) is 3. The van der Waals surface area contributed by atoms with Gasteiger partial charge in [-0.3, -0.25) is 4.79 Å². The topological polar surface area (TPSA) is 93.2 Å². The first-order valence-corrected chi connectivity index (χ1v) is 18.1. The van der Waals surface area contributed by atoms with Gasteiger partial charge in [-0.25, -0.2) is 9.78 Å². The van der Waals surface area contributed by atoms with Crippen molar-refractivity contribution in [3.63, 3.8) is 0 Å². The van der Waals surface area contributed by atoms with Crippen molar-refractivity contribution in [2.45, 2.75) is 76.8 Å². The average Bonchev–Trinajstić information content (AvgIpc) is 3.47. The van der Waals surface area contributed by atoms with Gasteiger partial charge in [-0.15, -0.1) is 0 Å². The molecule has 4 atom stereocenters. The van der Waals surface area contributed by atoms with Gasteiger partial charge in [0.05, 0.1) is 19.2 Å². The van der Waals surface area contributed by atoms with E-state index in [1.807, 2.05) is 116 Å². The van der Waals surface area contributed by atoms with Crippen LogP contribution in [0.3, 0.4) is 0 Å². The lowest BCUT2D eigenvalue weighted by atomic mass is 9.91. The van der Waals surface area contributed by atoms with Gasteiger partial charge in [-0.1, -0.05) is 91.0 Å². The van der Waals surface area contributed by atoms with E-state index in [-0.39, 0.29) is 30.6 Å². The minimum Gasteiger partial charge on any atom is -0.497 e. The second kappa shape index (κ2) is 15.6. The zero-order valence-electron chi connectivity index (χ0n) is 30.6. The Hall–Kier alpha value is -5.51. The van der Waals surface area contributed by atoms with Gasteiger partial charge >= 0.3 is 6.03 Å². The molecule has 1 N–H and O–H groups in total. The average molecular weight is 711 g/mol. The number of rotatable bonds is 11. The van der Waals surface area contributed by atoms with Crippen molar-refractivity contribution >= 4 is 17.8 Å². The molecule has 0 saturated carbocycles. The minimum atomic E-state index is -0.880. The monoisotopic (exact) mass is 710 g/mol. The number of benzene rings is 4. The van der Waals surface area contributed by atoms with Crippen LogP contribution in [0.25, 0.3) is 0 Å². The van der Waals surface area contributed by atoms with Crippen molar-refractivity contribution in [1.82, 2.24) is 14.8 Å². The van der Waals surface area contributed by atoms with Gasteiger partial charge in [0.25, 0.3) is 5.91 Å². The van der Waals surface area contributed by atoms with Crippen LogP contribution in [-0.4, -0.2) is 63.9 Å². The molecule has 9 heteroatoms. The standard InChI is InChI=1S/C44H46N4O5/c1-30-21-22-39(45-27-30)46-42(49)35-19-11-17-33(23-35)28-47-37(25-31-13-7-5-8-14-31)40-41(53-44(2,3)52-40)38(26-32-15-9-6-10-16-32)48(43(47)50)29-34-18-12-20-36(24-34)51-4/h5-24,27,37-38,40-41H,25-26,28-29H2,1-4H3,(H,45,46,49)/t37-,38-,40+,41+/m1/s1. The van der Waals surface area contributed by atoms with Crippen molar-refractivity contribution < 1.29 is 23.8 Å². The van der Waals surface area contributed by atoms with E-state index in [9.17, 15) is 4.79 Å². The molecule has 0 bridgehead atoms. The third-order valence-electron chi connectivity index (χ3n) is 9.97. The number of nitrogens with one attached hydrogen (secondary N) is 1. The number of fused-ring (bicyclic) bond motifs is 1. The second-order valence-electron chi connectivity index (χ2n) is 14.3. The van der Waals surface area contributed by atoms with E-state index >= 15 is 4.79 Å². The Morgan fingerprint density at radius 2 is 1.28 bits per heavy atom. The lowest BCUT2D eigenvalue weighted by Gasteiger charge is -2.37. The molecule has 3 amide bonds. The van der Waals surface area contributed by atoms with E-state index in [1.54, 1.807) is 25.4 Å². The number of anilines is 1. The highest BCUT2D eigenvalue weighted by Crippen LogP contribution is 2.40. The molecule has 272 valence electrons. The second-order valence-corrected chi connectivity index (χ2v) is 14.3. The summed E-state index contributed by atoms with van der Waals surface area (Å²) in [4.78, 5) is 37.1. The highest BCUT2D eigenvalue weighted by Gasteiger charge is 2.55. The number of aromatic nitrogens is 1. The summed E-state index contributed by atoms with van der Waals surface area (Å²) in [6.07, 6.45) is 1.97. The van der Waals surface area contributed by atoms with E-state index in [0.29, 0.717) is 30.8 Å². The molecule has 0 spiro atoms. The van der Waals surface area contributed by atoms with Crippen molar-refractivity contribution in [1.29, 1.82) is 0 Å². The summed E-state index contributed by atoms with van der Waals surface area (Å²) in [5.74, 6) is 0.0394. The van der Waals surface area contributed by atoms with Crippen LogP contribution in [0.1, 0.15) is 52.0 Å². The van der Waals surface area contributed by atoms with E-state index in [4.69, 9.17) is 14.2 Å². The minimum absolute atomic E-state index is 0.132. The Morgan fingerprint density at radius 3 is 1.83 bits per heavy atom. The van der Waals surface area contributed by atoms with Crippen LogP contribution < -0.4 is 10.1 Å². The van der Waals surface area contributed by atoms with Crippen LogP contribution in [0, 0.1) is 6.92 Å². The van der Waals surface area contributed by atoms with Crippen LogP contribution in [0.15, 0.2) is 128 Å². The summed E-state index contributed by atoms with van der Waals surface area (Å²) in [5.41, 5.74) is 5.42. The first kappa shape index (κ1) is 35.9. The van der Waals surface area contributed by atoms with E-state index in [2.05, 4.69) is 34.6 Å². The molecule has 2 aliphatic heterocycles. The number of carbonyl (C=O) groups is 2. The summed E-state index contributed by atoms with van der Waals surface area (Å²) < 4.78 is 19.2. The van der Waals surface area contributed by atoms with Crippen LogP contribution in [-0.2, 0) is 35.4 Å². The largest absolute Gasteiger partial charge is 0.497 e. The molecule has 7 rings (SSSR count). The summed E-state index contributed by atoms with van der Waals surface area (Å²) >= 11 is 0. The maximum atomic E-state index is 15.4. The molecule has 2 fully saturated rings. The predicted octanol–water partition coefficient (Wildman–Crippen LogP) is 7.83. The summed E-state index contributed by atoms with van der Waals surface area (Å²) in [6, 6.07) is 38.5.